The van der Waals surface area contributed by atoms with Gasteiger partial charge in [-0.05, 0) is 18.8 Å². The molecule has 0 unspecified atom stereocenters. The minimum Gasteiger partial charge on any atom is -0.340 e. The predicted molar refractivity (Wildman–Crippen MR) is 85.1 cm³/mol. The van der Waals surface area contributed by atoms with Crippen molar-refractivity contribution >= 4 is 11.6 Å². The first-order valence-electron chi connectivity index (χ1n) is 7.89. The predicted octanol–water partition coefficient (Wildman–Crippen LogP) is 1.07. The second-order valence-electron chi connectivity index (χ2n) is 6.05. The lowest BCUT2D eigenvalue weighted by molar-refractivity contribution is -0.386. The van der Waals surface area contributed by atoms with Gasteiger partial charge < -0.3 is 14.4 Å². The maximum Gasteiger partial charge on any atom is 0.334 e. The number of aryl methyl sites for hydroxylation is 1. The molecule has 1 amide bonds. The van der Waals surface area contributed by atoms with Gasteiger partial charge in [0.05, 0.1) is 10.5 Å². The van der Waals surface area contributed by atoms with Crippen LogP contribution in [0.15, 0.2) is 21.6 Å². The number of nitrogens with zero attached hydrogens (tertiary/aromatic N) is 4. The van der Waals surface area contributed by atoms with E-state index in [1.165, 1.54) is 6.20 Å². The Kier molecular flexibility index (Phi) is 4.59. The number of carbonyl (C=O) groups excluding carboxylic acids is 1. The van der Waals surface area contributed by atoms with E-state index >= 15 is 0 Å². The summed E-state index contributed by atoms with van der Waals surface area (Å²) in [5.41, 5.74) is -1.37. The number of carbonyl (C=O) groups is 1. The molecule has 10 heteroatoms. The van der Waals surface area contributed by atoms with E-state index in [1.807, 2.05) is 0 Å². The fraction of sp³-hybridized carbons (Fsp3) is 0.467. The Morgan fingerprint density at radius 1 is 1.56 bits per heavy atom. The summed E-state index contributed by atoms with van der Waals surface area (Å²) in [7, 11) is 0. The summed E-state index contributed by atoms with van der Waals surface area (Å²) in [6.45, 7) is 2.78. The van der Waals surface area contributed by atoms with Crippen LogP contribution in [0.4, 0.5) is 5.69 Å². The van der Waals surface area contributed by atoms with Gasteiger partial charge in [-0.15, -0.1) is 0 Å². The van der Waals surface area contributed by atoms with E-state index in [2.05, 4.69) is 15.1 Å². The van der Waals surface area contributed by atoms with Gasteiger partial charge in [0, 0.05) is 38.7 Å². The first kappa shape index (κ1) is 16.8. The molecule has 3 heterocycles. The van der Waals surface area contributed by atoms with Crippen molar-refractivity contribution in [2.45, 2.75) is 26.2 Å². The summed E-state index contributed by atoms with van der Waals surface area (Å²) < 4.78 is 4.96. The number of pyridine rings is 1. The molecule has 1 atom stereocenters. The van der Waals surface area contributed by atoms with Crippen LogP contribution in [0.1, 0.15) is 34.9 Å². The van der Waals surface area contributed by atoms with Crippen molar-refractivity contribution < 1.29 is 14.2 Å². The highest BCUT2D eigenvalue weighted by Gasteiger charge is 2.27. The van der Waals surface area contributed by atoms with Gasteiger partial charge in [0.1, 0.15) is 0 Å². The Bertz CT molecular complexity index is 858. The zero-order valence-electron chi connectivity index (χ0n) is 13.6. The summed E-state index contributed by atoms with van der Waals surface area (Å²) >= 11 is 0. The normalized spacial score (nSPS) is 17.5. The summed E-state index contributed by atoms with van der Waals surface area (Å²) in [4.78, 5) is 42.2. The Labute approximate surface area is 142 Å². The maximum atomic E-state index is 12.6. The van der Waals surface area contributed by atoms with E-state index < -0.39 is 16.2 Å². The molecule has 1 saturated heterocycles. The number of hydrogen-bond acceptors (Lipinski definition) is 7. The van der Waals surface area contributed by atoms with Gasteiger partial charge >= 0.3 is 11.2 Å². The number of aromatic nitrogens is 3. The number of H-pyrrole nitrogens is 1. The van der Waals surface area contributed by atoms with E-state index in [-0.39, 0.29) is 17.4 Å². The molecule has 0 aliphatic carbocycles. The molecule has 1 fully saturated rings. The summed E-state index contributed by atoms with van der Waals surface area (Å²) in [5, 5.41) is 14.7. The Balaban J connectivity index is 1.72. The number of aromatic amines is 1. The molecule has 0 radical (unpaired) electrons. The lowest BCUT2D eigenvalue weighted by atomic mass is 9.94. The standard InChI is InChI=1S/C15H17N5O5/c1-9-17-13(18-25-9)5-10-3-2-4-19(8-10)15(22)11-6-12(20(23)24)14(21)16-7-11/h6-7,10H,2-5,8H2,1H3,(H,16,21)/t10-/m0/s1. The van der Waals surface area contributed by atoms with Crippen molar-refractivity contribution in [1.82, 2.24) is 20.0 Å². The van der Waals surface area contributed by atoms with E-state index in [0.29, 0.717) is 31.2 Å². The Morgan fingerprint density at radius 3 is 3.04 bits per heavy atom. The lowest BCUT2D eigenvalue weighted by Crippen LogP contribution is -2.40. The van der Waals surface area contributed by atoms with Gasteiger partial charge in [-0.2, -0.15) is 4.98 Å². The highest BCUT2D eigenvalue weighted by Crippen LogP contribution is 2.21. The minimum absolute atomic E-state index is 0.0994. The van der Waals surface area contributed by atoms with E-state index in [4.69, 9.17) is 4.52 Å². The molecular formula is C15H17N5O5. The maximum absolute atomic E-state index is 12.6. The third kappa shape index (κ3) is 3.73. The van der Waals surface area contributed by atoms with E-state index in [0.717, 1.165) is 18.9 Å². The monoisotopic (exact) mass is 347 g/mol. The van der Waals surface area contributed by atoms with Crippen LogP contribution in [0.5, 0.6) is 0 Å². The summed E-state index contributed by atoms with van der Waals surface area (Å²) in [6, 6.07) is 1.02. The van der Waals surface area contributed by atoms with Crippen LogP contribution in [0.25, 0.3) is 0 Å². The van der Waals surface area contributed by atoms with E-state index in [9.17, 15) is 19.7 Å². The van der Waals surface area contributed by atoms with Crippen molar-refractivity contribution in [3.8, 4) is 0 Å². The van der Waals surface area contributed by atoms with Gasteiger partial charge in [0.15, 0.2) is 5.82 Å². The van der Waals surface area contributed by atoms with Crippen LogP contribution in [0, 0.1) is 23.0 Å². The molecule has 0 aromatic carbocycles. The molecule has 0 bridgehead atoms. The Hall–Kier alpha value is -3.04. The molecule has 0 spiro atoms. The third-order valence-corrected chi connectivity index (χ3v) is 4.17. The zero-order chi connectivity index (χ0) is 18.0. The zero-order valence-corrected chi connectivity index (χ0v) is 13.6. The van der Waals surface area contributed by atoms with Crippen molar-refractivity contribution in [3.63, 3.8) is 0 Å². The van der Waals surface area contributed by atoms with Crippen molar-refractivity contribution in [2.24, 2.45) is 5.92 Å². The average Bonchev–Trinajstić information content (AvgIpc) is 2.99. The molecule has 25 heavy (non-hydrogen) atoms. The number of nitro groups is 1. The molecular weight excluding hydrogens is 330 g/mol. The topological polar surface area (TPSA) is 135 Å². The molecule has 0 saturated carbocycles. The second kappa shape index (κ2) is 6.83. The first-order chi connectivity index (χ1) is 11.9. The summed E-state index contributed by atoms with van der Waals surface area (Å²) in [6.07, 6.45) is 3.57. The minimum atomic E-state index is -0.828. The van der Waals surface area contributed by atoms with Crippen molar-refractivity contribution in [1.29, 1.82) is 0 Å². The van der Waals surface area contributed by atoms with Gasteiger partial charge in [-0.3, -0.25) is 19.7 Å². The van der Waals surface area contributed by atoms with Gasteiger partial charge in [0.2, 0.25) is 5.89 Å². The molecule has 2 aromatic rings. The Morgan fingerprint density at radius 2 is 2.36 bits per heavy atom. The number of hydrogen-bond donors (Lipinski definition) is 1. The highest BCUT2D eigenvalue weighted by atomic mass is 16.6. The summed E-state index contributed by atoms with van der Waals surface area (Å²) in [5.74, 6) is 0.955. The molecule has 2 aromatic heterocycles. The second-order valence-corrected chi connectivity index (χ2v) is 6.05. The fourth-order valence-corrected chi connectivity index (χ4v) is 3.01. The van der Waals surface area contributed by atoms with Gasteiger partial charge in [-0.1, -0.05) is 5.16 Å². The number of amides is 1. The molecule has 1 aliphatic heterocycles. The van der Waals surface area contributed by atoms with Crippen LogP contribution in [0.2, 0.25) is 0 Å². The van der Waals surface area contributed by atoms with E-state index in [1.54, 1.807) is 11.8 Å². The first-order valence-corrected chi connectivity index (χ1v) is 7.89. The molecule has 3 rings (SSSR count). The highest BCUT2D eigenvalue weighted by molar-refractivity contribution is 5.94. The quantitative estimate of drug-likeness (QED) is 0.645. The largest absolute Gasteiger partial charge is 0.340 e. The fourth-order valence-electron chi connectivity index (χ4n) is 3.01. The van der Waals surface area contributed by atoms with Crippen LogP contribution < -0.4 is 5.56 Å². The van der Waals surface area contributed by atoms with Gasteiger partial charge in [0.25, 0.3) is 5.91 Å². The smallest absolute Gasteiger partial charge is 0.334 e. The van der Waals surface area contributed by atoms with Gasteiger partial charge in [-0.25, -0.2) is 0 Å². The molecule has 1 N–H and O–H groups in total. The number of nitrogens with one attached hydrogen (secondary N) is 1. The van der Waals surface area contributed by atoms with Crippen LogP contribution in [-0.2, 0) is 6.42 Å². The third-order valence-electron chi connectivity index (χ3n) is 4.17. The van der Waals surface area contributed by atoms with Crippen molar-refractivity contribution in [3.05, 3.63) is 50.0 Å². The molecule has 10 nitrogen and oxygen atoms in total. The van der Waals surface area contributed by atoms with Crippen LogP contribution in [-0.4, -0.2) is 43.9 Å². The lowest BCUT2D eigenvalue weighted by Gasteiger charge is -2.32. The average molecular weight is 347 g/mol. The van der Waals surface area contributed by atoms with Crippen molar-refractivity contribution in [2.75, 3.05) is 13.1 Å². The van der Waals surface area contributed by atoms with Crippen LogP contribution >= 0.6 is 0 Å². The molecule has 132 valence electrons. The number of rotatable bonds is 4. The SMILES string of the molecule is Cc1nc(C[C@@H]2CCCN(C(=O)c3c[nH]c(=O)c([N+](=O)[O-])c3)C2)no1. The van der Waals surface area contributed by atoms with Crippen LogP contribution in [0.3, 0.4) is 0 Å². The number of likely N-dealkylation sites (tertiary alicyclic amines) is 1. The number of piperidine rings is 1. The molecule has 1 aliphatic rings.